The van der Waals surface area contributed by atoms with Gasteiger partial charge in [0.1, 0.15) is 0 Å². The van der Waals surface area contributed by atoms with Gasteiger partial charge in [-0.15, -0.1) is 0 Å². The summed E-state index contributed by atoms with van der Waals surface area (Å²) in [7, 11) is 0. The number of hydrogen-bond donors (Lipinski definition) is 1. The standard InChI is InChI=1S/C15H13F2N/c16-13-6-5-10(9-14(13)17)11-7-8-18-15-4-2-1-3-12(11)15/h1-6,9,11,18H,7-8H2. The minimum absolute atomic E-state index is 0.137. The molecule has 0 aliphatic carbocycles. The van der Waals surface area contributed by atoms with E-state index in [2.05, 4.69) is 5.32 Å². The average Bonchev–Trinajstić information content (AvgIpc) is 2.41. The maximum atomic E-state index is 13.3. The number of hydrogen-bond acceptors (Lipinski definition) is 1. The quantitative estimate of drug-likeness (QED) is 0.803. The summed E-state index contributed by atoms with van der Waals surface area (Å²) >= 11 is 0. The predicted molar refractivity (Wildman–Crippen MR) is 67.7 cm³/mol. The molecule has 1 unspecified atom stereocenters. The second kappa shape index (κ2) is 4.41. The predicted octanol–water partition coefficient (Wildman–Crippen LogP) is 3.91. The summed E-state index contributed by atoms with van der Waals surface area (Å²) in [5.74, 6) is -1.43. The summed E-state index contributed by atoms with van der Waals surface area (Å²) < 4.78 is 26.3. The van der Waals surface area contributed by atoms with Crippen molar-refractivity contribution >= 4 is 5.69 Å². The Balaban J connectivity index is 2.05. The number of anilines is 1. The normalized spacial score (nSPS) is 18.0. The number of halogens is 2. The van der Waals surface area contributed by atoms with E-state index >= 15 is 0 Å². The highest BCUT2D eigenvalue weighted by atomic mass is 19.2. The molecule has 0 fully saturated rings. The van der Waals surface area contributed by atoms with Crippen molar-refractivity contribution < 1.29 is 8.78 Å². The molecule has 1 nitrogen and oxygen atoms in total. The maximum Gasteiger partial charge on any atom is 0.159 e. The van der Waals surface area contributed by atoms with Gasteiger partial charge in [0.25, 0.3) is 0 Å². The minimum atomic E-state index is -0.791. The van der Waals surface area contributed by atoms with Gasteiger partial charge in [-0.3, -0.25) is 0 Å². The van der Waals surface area contributed by atoms with Gasteiger partial charge in [0.15, 0.2) is 11.6 Å². The lowest BCUT2D eigenvalue weighted by atomic mass is 9.85. The van der Waals surface area contributed by atoms with Crippen LogP contribution in [0.15, 0.2) is 42.5 Å². The van der Waals surface area contributed by atoms with Crippen molar-refractivity contribution in [3.63, 3.8) is 0 Å². The van der Waals surface area contributed by atoms with Crippen LogP contribution in [0.2, 0.25) is 0 Å². The largest absolute Gasteiger partial charge is 0.385 e. The van der Waals surface area contributed by atoms with Crippen LogP contribution < -0.4 is 5.32 Å². The molecule has 0 spiro atoms. The fourth-order valence-corrected chi connectivity index (χ4v) is 2.54. The SMILES string of the molecule is Fc1ccc(C2CCNc3ccccc32)cc1F. The van der Waals surface area contributed by atoms with Crippen LogP contribution in [0, 0.1) is 11.6 Å². The lowest BCUT2D eigenvalue weighted by Crippen LogP contribution is -2.17. The average molecular weight is 245 g/mol. The molecule has 1 aliphatic heterocycles. The van der Waals surface area contributed by atoms with Crippen molar-refractivity contribution in [2.75, 3.05) is 11.9 Å². The highest BCUT2D eigenvalue weighted by Gasteiger charge is 2.21. The number of para-hydroxylation sites is 1. The molecule has 2 aromatic rings. The third-order valence-electron chi connectivity index (χ3n) is 3.43. The first-order chi connectivity index (χ1) is 8.75. The summed E-state index contributed by atoms with van der Waals surface area (Å²) in [5.41, 5.74) is 3.07. The molecule has 2 aromatic carbocycles. The smallest absolute Gasteiger partial charge is 0.159 e. The summed E-state index contributed by atoms with van der Waals surface area (Å²) in [4.78, 5) is 0. The van der Waals surface area contributed by atoms with Crippen molar-refractivity contribution in [3.8, 4) is 0 Å². The van der Waals surface area contributed by atoms with Gasteiger partial charge in [0, 0.05) is 18.2 Å². The Bertz CT molecular complexity index is 580. The van der Waals surface area contributed by atoms with Gasteiger partial charge in [-0.1, -0.05) is 24.3 Å². The molecule has 3 heteroatoms. The molecule has 3 rings (SSSR count). The minimum Gasteiger partial charge on any atom is -0.385 e. The second-order valence-corrected chi connectivity index (χ2v) is 4.53. The Morgan fingerprint density at radius 2 is 1.83 bits per heavy atom. The third-order valence-corrected chi connectivity index (χ3v) is 3.43. The summed E-state index contributed by atoms with van der Waals surface area (Å²) in [6, 6.07) is 12.2. The van der Waals surface area contributed by atoms with Crippen LogP contribution in [0.4, 0.5) is 14.5 Å². The van der Waals surface area contributed by atoms with E-state index in [9.17, 15) is 8.78 Å². The van der Waals surface area contributed by atoms with Crippen molar-refractivity contribution in [3.05, 3.63) is 65.2 Å². The van der Waals surface area contributed by atoms with Crippen molar-refractivity contribution in [1.82, 2.24) is 0 Å². The van der Waals surface area contributed by atoms with E-state index in [1.165, 1.54) is 12.1 Å². The highest BCUT2D eigenvalue weighted by molar-refractivity contribution is 5.57. The molecule has 18 heavy (non-hydrogen) atoms. The van der Waals surface area contributed by atoms with Gasteiger partial charge in [0.05, 0.1) is 0 Å². The number of fused-ring (bicyclic) bond motifs is 1. The summed E-state index contributed by atoms with van der Waals surface area (Å²) in [5, 5.41) is 3.32. The lowest BCUT2D eigenvalue weighted by molar-refractivity contribution is 0.505. The molecular formula is C15H13F2N. The summed E-state index contributed by atoms with van der Waals surface area (Å²) in [6.07, 6.45) is 0.891. The van der Waals surface area contributed by atoms with Crippen molar-refractivity contribution in [1.29, 1.82) is 0 Å². The van der Waals surface area contributed by atoms with Crippen LogP contribution in [-0.4, -0.2) is 6.54 Å². The fourth-order valence-electron chi connectivity index (χ4n) is 2.54. The molecule has 1 atom stereocenters. The van der Waals surface area contributed by atoms with Crippen LogP contribution in [0.25, 0.3) is 0 Å². The number of rotatable bonds is 1. The maximum absolute atomic E-state index is 13.3. The molecule has 0 amide bonds. The first-order valence-electron chi connectivity index (χ1n) is 6.03. The third kappa shape index (κ3) is 1.86. The first-order valence-corrected chi connectivity index (χ1v) is 6.03. The number of nitrogens with one attached hydrogen (secondary N) is 1. The zero-order valence-electron chi connectivity index (χ0n) is 9.79. The topological polar surface area (TPSA) is 12.0 Å². The molecule has 1 heterocycles. The molecule has 0 saturated heterocycles. The van der Waals surface area contributed by atoms with Gasteiger partial charge in [-0.25, -0.2) is 8.78 Å². The zero-order chi connectivity index (χ0) is 12.5. The Hall–Kier alpha value is -1.90. The van der Waals surface area contributed by atoms with E-state index in [0.717, 1.165) is 29.8 Å². The van der Waals surface area contributed by atoms with E-state index in [4.69, 9.17) is 0 Å². The first kappa shape index (κ1) is 11.2. The molecule has 0 aromatic heterocycles. The number of benzene rings is 2. The Morgan fingerprint density at radius 3 is 2.67 bits per heavy atom. The second-order valence-electron chi connectivity index (χ2n) is 4.53. The van der Waals surface area contributed by atoms with Crippen molar-refractivity contribution in [2.45, 2.75) is 12.3 Å². The molecule has 92 valence electrons. The monoisotopic (exact) mass is 245 g/mol. The lowest BCUT2D eigenvalue weighted by Gasteiger charge is -2.27. The van der Waals surface area contributed by atoms with E-state index in [0.29, 0.717) is 0 Å². The van der Waals surface area contributed by atoms with Gasteiger partial charge >= 0.3 is 0 Å². The molecule has 1 aliphatic rings. The van der Waals surface area contributed by atoms with Gasteiger partial charge in [-0.2, -0.15) is 0 Å². The van der Waals surface area contributed by atoms with Gasteiger partial charge in [-0.05, 0) is 35.7 Å². The van der Waals surface area contributed by atoms with Crippen LogP contribution in [0.1, 0.15) is 23.5 Å². The van der Waals surface area contributed by atoms with Crippen LogP contribution >= 0.6 is 0 Å². The molecule has 0 saturated carbocycles. The molecular weight excluding hydrogens is 232 g/mol. The zero-order valence-corrected chi connectivity index (χ0v) is 9.79. The van der Waals surface area contributed by atoms with E-state index in [1.54, 1.807) is 6.07 Å². The van der Waals surface area contributed by atoms with Crippen LogP contribution in [0.3, 0.4) is 0 Å². The summed E-state index contributed by atoms with van der Waals surface area (Å²) in [6.45, 7) is 0.848. The van der Waals surface area contributed by atoms with Crippen LogP contribution in [0.5, 0.6) is 0 Å². The van der Waals surface area contributed by atoms with Gasteiger partial charge in [0.2, 0.25) is 0 Å². The molecule has 0 radical (unpaired) electrons. The van der Waals surface area contributed by atoms with Crippen LogP contribution in [-0.2, 0) is 0 Å². The fraction of sp³-hybridized carbons (Fsp3) is 0.200. The van der Waals surface area contributed by atoms with Crippen molar-refractivity contribution in [2.24, 2.45) is 0 Å². The molecule has 1 N–H and O–H groups in total. The highest BCUT2D eigenvalue weighted by Crippen LogP contribution is 2.36. The molecule has 0 bridgehead atoms. The Kier molecular flexibility index (Phi) is 2.74. The Labute approximate surface area is 104 Å². The Morgan fingerprint density at radius 1 is 1.00 bits per heavy atom. The van der Waals surface area contributed by atoms with E-state index < -0.39 is 11.6 Å². The van der Waals surface area contributed by atoms with E-state index in [-0.39, 0.29) is 5.92 Å². The van der Waals surface area contributed by atoms with E-state index in [1.807, 2.05) is 24.3 Å². The van der Waals surface area contributed by atoms with Gasteiger partial charge < -0.3 is 5.32 Å².